The fourth-order valence-electron chi connectivity index (χ4n) is 1.65. The van der Waals surface area contributed by atoms with Gasteiger partial charge in [0.25, 0.3) is 11.4 Å². The zero-order valence-corrected chi connectivity index (χ0v) is 11.3. The SMILES string of the molecule is O=Cc1ccc(Sc2ccccc2[N+](=O)[O-])c([N+](=O)[O-])c1. The van der Waals surface area contributed by atoms with E-state index in [4.69, 9.17) is 0 Å². The molecule has 0 unspecified atom stereocenters. The van der Waals surface area contributed by atoms with E-state index in [1.54, 1.807) is 6.07 Å². The number of carbonyl (C=O) groups is 1. The van der Waals surface area contributed by atoms with Crippen molar-refractivity contribution >= 4 is 29.4 Å². The van der Waals surface area contributed by atoms with Crippen LogP contribution < -0.4 is 0 Å². The Morgan fingerprint density at radius 3 is 2.14 bits per heavy atom. The first-order valence-corrected chi connectivity index (χ1v) is 6.49. The molecule has 0 aromatic heterocycles. The highest BCUT2D eigenvalue weighted by Gasteiger charge is 2.20. The number of hydrogen-bond acceptors (Lipinski definition) is 6. The molecular formula is C13H8N2O5S. The summed E-state index contributed by atoms with van der Waals surface area (Å²) in [5, 5.41) is 22.0. The first-order chi connectivity index (χ1) is 10.0. The van der Waals surface area contributed by atoms with Crippen molar-refractivity contribution in [2.45, 2.75) is 9.79 Å². The summed E-state index contributed by atoms with van der Waals surface area (Å²) in [6.07, 6.45) is 0.506. The van der Waals surface area contributed by atoms with E-state index in [1.165, 1.54) is 30.3 Å². The van der Waals surface area contributed by atoms with E-state index in [-0.39, 0.29) is 21.8 Å². The molecule has 0 fully saturated rings. The quantitative estimate of drug-likeness (QED) is 0.476. The molecule has 0 aliphatic heterocycles. The van der Waals surface area contributed by atoms with Gasteiger partial charge in [-0.15, -0.1) is 0 Å². The molecule has 0 spiro atoms. The van der Waals surface area contributed by atoms with E-state index in [0.717, 1.165) is 17.8 Å². The second kappa shape index (κ2) is 6.14. The van der Waals surface area contributed by atoms with E-state index in [9.17, 15) is 25.0 Å². The van der Waals surface area contributed by atoms with E-state index in [2.05, 4.69) is 0 Å². The summed E-state index contributed by atoms with van der Waals surface area (Å²) in [6, 6.07) is 9.95. The van der Waals surface area contributed by atoms with Crippen LogP contribution in [0.1, 0.15) is 10.4 Å². The van der Waals surface area contributed by atoms with Crippen LogP contribution >= 0.6 is 11.8 Å². The third-order valence-corrected chi connectivity index (χ3v) is 3.73. The minimum Gasteiger partial charge on any atom is -0.298 e. The highest BCUT2D eigenvalue weighted by molar-refractivity contribution is 7.99. The van der Waals surface area contributed by atoms with Crippen molar-refractivity contribution < 1.29 is 14.6 Å². The molecule has 0 atom stereocenters. The Morgan fingerprint density at radius 1 is 0.905 bits per heavy atom. The maximum absolute atomic E-state index is 11.0. The van der Waals surface area contributed by atoms with Gasteiger partial charge in [-0.05, 0) is 12.1 Å². The summed E-state index contributed by atoms with van der Waals surface area (Å²) in [5.74, 6) is 0. The zero-order chi connectivity index (χ0) is 15.4. The van der Waals surface area contributed by atoms with Crippen molar-refractivity contribution in [1.82, 2.24) is 0 Å². The van der Waals surface area contributed by atoms with Gasteiger partial charge in [0.2, 0.25) is 0 Å². The van der Waals surface area contributed by atoms with Crippen LogP contribution in [0.25, 0.3) is 0 Å². The van der Waals surface area contributed by atoms with E-state index < -0.39 is 9.85 Å². The average Bonchev–Trinajstić information content (AvgIpc) is 2.47. The third kappa shape index (κ3) is 3.23. The maximum Gasteiger partial charge on any atom is 0.283 e. The van der Waals surface area contributed by atoms with Gasteiger partial charge in [-0.1, -0.05) is 30.0 Å². The van der Waals surface area contributed by atoms with Crippen LogP contribution in [-0.2, 0) is 0 Å². The molecule has 0 amide bonds. The number of carbonyl (C=O) groups excluding carboxylic acids is 1. The van der Waals surface area contributed by atoms with Crippen molar-refractivity contribution in [3.8, 4) is 0 Å². The smallest absolute Gasteiger partial charge is 0.283 e. The van der Waals surface area contributed by atoms with Crippen molar-refractivity contribution in [1.29, 1.82) is 0 Å². The first kappa shape index (κ1) is 14.7. The molecule has 0 radical (unpaired) electrons. The second-order valence-corrected chi connectivity index (χ2v) is 5.01. The highest BCUT2D eigenvalue weighted by Crippen LogP contribution is 2.39. The Balaban J connectivity index is 2.47. The van der Waals surface area contributed by atoms with Crippen molar-refractivity contribution in [3.05, 3.63) is 68.3 Å². The number of para-hydroxylation sites is 1. The summed E-state index contributed by atoms with van der Waals surface area (Å²) < 4.78 is 0. The lowest BCUT2D eigenvalue weighted by atomic mass is 10.2. The summed E-state index contributed by atoms with van der Waals surface area (Å²) >= 11 is 0.917. The van der Waals surface area contributed by atoms with Crippen molar-refractivity contribution in [2.75, 3.05) is 0 Å². The van der Waals surface area contributed by atoms with E-state index in [1.807, 2.05) is 0 Å². The van der Waals surface area contributed by atoms with Gasteiger partial charge in [-0.3, -0.25) is 25.0 Å². The van der Waals surface area contributed by atoms with Gasteiger partial charge in [0.05, 0.1) is 19.6 Å². The van der Waals surface area contributed by atoms with Gasteiger partial charge in [-0.2, -0.15) is 0 Å². The summed E-state index contributed by atoms with van der Waals surface area (Å²) in [4.78, 5) is 32.0. The molecule has 0 bridgehead atoms. The number of benzene rings is 2. The van der Waals surface area contributed by atoms with Gasteiger partial charge in [0, 0.05) is 17.7 Å². The number of nitro benzene ring substituents is 2. The minimum absolute atomic E-state index is 0.128. The molecule has 106 valence electrons. The molecule has 8 heteroatoms. The van der Waals surface area contributed by atoms with Crippen molar-refractivity contribution in [2.24, 2.45) is 0 Å². The number of nitrogens with zero attached hydrogens (tertiary/aromatic N) is 2. The second-order valence-electron chi connectivity index (χ2n) is 3.93. The maximum atomic E-state index is 11.0. The molecule has 0 aliphatic carbocycles. The number of aldehydes is 1. The molecule has 2 aromatic rings. The molecule has 0 saturated heterocycles. The molecule has 0 saturated carbocycles. The number of hydrogen-bond donors (Lipinski definition) is 0. The predicted octanol–water partition coefficient (Wildman–Crippen LogP) is 3.47. The summed E-state index contributed by atoms with van der Waals surface area (Å²) in [6.45, 7) is 0. The Hall–Kier alpha value is -2.74. The fourth-order valence-corrected chi connectivity index (χ4v) is 2.65. The van der Waals surface area contributed by atoms with Crippen LogP contribution in [0.2, 0.25) is 0 Å². The fraction of sp³-hybridized carbons (Fsp3) is 0. The van der Waals surface area contributed by atoms with Gasteiger partial charge >= 0.3 is 0 Å². The highest BCUT2D eigenvalue weighted by atomic mass is 32.2. The lowest BCUT2D eigenvalue weighted by molar-refractivity contribution is -0.388. The Labute approximate surface area is 122 Å². The molecule has 0 heterocycles. The van der Waals surface area contributed by atoms with Gasteiger partial charge < -0.3 is 0 Å². The standard InChI is InChI=1S/C13H8N2O5S/c16-8-9-5-6-13(11(7-9)15(19)20)21-12-4-2-1-3-10(12)14(17)18/h1-8H. The molecule has 21 heavy (non-hydrogen) atoms. The Bertz CT molecular complexity index is 732. The molecule has 0 N–H and O–H groups in total. The van der Waals surface area contributed by atoms with Gasteiger partial charge in [0.15, 0.2) is 0 Å². The molecule has 2 aromatic carbocycles. The predicted molar refractivity (Wildman–Crippen MR) is 75.7 cm³/mol. The van der Waals surface area contributed by atoms with Crippen LogP contribution in [0.5, 0.6) is 0 Å². The average molecular weight is 304 g/mol. The lowest BCUT2D eigenvalue weighted by Crippen LogP contribution is -1.94. The summed E-state index contributed by atoms with van der Waals surface area (Å²) in [5.41, 5.74) is -0.215. The zero-order valence-electron chi connectivity index (χ0n) is 10.5. The number of nitro groups is 2. The van der Waals surface area contributed by atoms with E-state index >= 15 is 0 Å². The molecular weight excluding hydrogens is 296 g/mol. The van der Waals surface area contributed by atoms with Crippen molar-refractivity contribution in [3.63, 3.8) is 0 Å². The summed E-state index contributed by atoms with van der Waals surface area (Å²) in [7, 11) is 0. The Kier molecular flexibility index (Phi) is 4.29. The van der Waals surface area contributed by atoms with Crippen LogP contribution in [0, 0.1) is 20.2 Å². The van der Waals surface area contributed by atoms with Gasteiger partial charge in [-0.25, -0.2) is 0 Å². The van der Waals surface area contributed by atoms with E-state index in [0.29, 0.717) is 11.2 Å². The lowest BCUT2D eigenvalue weighted by Gasteiger charge is -2.04. The Morgan fingerprint density at radius 2 is 1.52 bits per heavy atom. The van der Waals surface area contributed by atoms with Crippen LogP contribution in [0.3, 0.4) is 0 Å². The minimum atomic E-state index is -0.621. The van der Waals surface area contributed by atoms with Gasteiger partial charge in [0.1, 0.15) is 6.29 Å². The monoisotopic (exact) mass is 304 g/mol. The van der Waals surface area contributed by atoms with Crippen LogP contribution in [0.4, 0.5) is 11.4 Å². The number of rotatable bonds is 5. The van der Waals surface area contributed by atoms with Crippen LogP contribution in [-0.4, -0.2) is 16.1 Å². The van der Waals surface area contributed by atoms with Crippen LogP contribution in [0.15, 0.2) is 52.3 Å². The molecule has 7 nitrogen and oxygen atoms in total. The first-order valence-electron chi connectivity index (χ1n) is 5.68. The normalized spacial score (nSPS) is 10.1. The third-order valence-electron chi connectivity index (χ3n) is 2.60. The topological polar surface area (TPSA) is 103 Å². The molecule has 0 aliphatic rings. The molecule has 2 rings (SSSR count). The largest absolute Gasteiger partial charge is 0.298 e.